The number of hydrogen-bond donors (Lipinski definition) is 0. The highest BCUT2D eigenvalue weighted by Gasteiger charge is 2.25. The Morgan fingerprint density at radius 2 is 2.33 bits per heavy atom. The number of nitrogens with zero attached hydrogens (tertiary/aromatic N) is 2. The van der Waals surface area contributed by atoms with Crippen molar-refractivity contribution in [2.75, 3.05) is 20.3 Å². The van der Waals surface area contributed by atoms with Gasteiger partial charge in [0.1, 0.15) is 11.3 Å². The molecule has 1 aromatic carbocycles. The van der Waals surface area contributed by atoms with Crippen molar-refractivity contribution in [2.45, 2.75) is 25.4 Å². The molecule has 0 N–H and O–H groups in total. The van der Waals surface area contributed by atoms with Gasteiger partial charge in [0, 0.05) is 30.7 Å². The standard InChI is InChI=1S/C15H18N2O4/c1-20-10-13-3-2-6-16(13)9-14-8-11-7-12(17(18)19)4-5-15(11)21-14/h4-5,7-8,13H,2-3,6,9-10H2,1H3/t13-/m1/s1. The minimum atomic E-state index is -0.388. The van der Waals surface area contributed by atoms with Crippen molar-refractivity contribution in [3.05, 3.63) is 40.1 Å². The average Bonchev–Trinajstić information content (AvgIpc) is 3.05. The topological polar surface area (TPSA) is 68.8 Å². The SMILES string of the molecule is COC[C@H]1CCCN1Cc1cc2cc([N+](=O)[O-])ccc2o1. The number of non-ortho nitro benzene ring substituents is 1. The molecule has 0 radical (unpaired) electrons. The lowest BCUT2D eigenvalue weighted by molar-refractivity contribution is -0.384. The molecular formula is C15H18N2O4. The summed E-state index contributed by atoms with van der Waals surface area (Å²) in [6.07, 6.45) is 2.30. The van der Waals surface area contributed by atoms with Crippen LogP contribution < -0.4 is 0 Å². The lowest BCUT2D eigenvalue weighted by Crippen LogP contribution is -2.32. The van der Waals surface area contributed by atoms with Crippen molar-refractivity contribution in [2.24, 2.45) is 0 Å². The number of methoxy groups -OCH3 is 1. The predicted octanol–water partition coefficient (Wildman–Crippen LogP) is 2.95. The van der Waals surface area contributed by atoms with E-state index < -0.39 is 0 Å². The summed E-state index contributed by atoms with van der Waals surface area (Å²) in [6.45, 7) is 2.48. The van der Waals surface area contributed by atoms with Gasteiger partial charge < -0.3 is 9.15 Å². The van der Waals surface area contributed by atoms with E-state index in [4.69, 9.17) is 9.15 Å². The Labute approximate surface area is 122 Å². The smallest absolute Gasteiger partial charge is 0.270 e. The van der Waals surface area contributed by atoms with Gasteiger partial charge in [0.05, 0.1) is 18.1 Å². The van der Waals surface area contributed by atoms with Gasteiger partial charge in [-0.15, -0.1) is 0 Å². The van der Waals surface area contributed by atoms with E-state index >= 15 is 0 Å². The fourth-order valence-electron chi connectivity index (χ4n) is 2.96. The van der Waals surface area contributed by atoms with Crippen LogP contribution in [0.3, 0.4) is 0 Å². The van der Waals surface area contributed by atoms with Crippen LogP contribution in [0.25, 0.3) is 11.0 Å². The van der Waals surface area contributed by atoms with Crippen LogP contribution in [-0.4, -0.2) is 36.1 Å². The first kappa shape index (κ1) is 14.0. The van der Waals surface area contributed by atoms with Crippen LogP contribution in [0, 0.1) is 10.1 Å². The van der Waals surface area contributed by atoms with E-state index in [0.717, 1.165) is 37.3 Å². The number of nitro benzene ring substituents is 1. The van der Waals surface area contributed by atoms with Crippen LogP contribution in [0.1, 0.15) is 18.6 Å². The van der Waals surface area contributed by atoms with Crippen molar-refractivity contribution in [3.8, 4) is 0 Å². The molecule has 112 valence electrons. The Kier molecular flexibility index (Phi) is 3.90. The molecule has 0 bridgehead atoms. The molecule has 1 aliphatic rings. The van der Waals surface area contributed by atoms with Gasteiger partial charge in [-0.3, -0.25) is 15.0 Å². The third-order valence-corrected chi connectivity index (χ3v) is 3.98. The van der Waals surface area contributed by atoms with Gasteiger partial charge in [-0.2, -0.15) is 0 Å². The number of nitro groups is 1. The Balaban J connectivity index is 1.79. The first-order valence-electron chi connectivity index (χ1n) is 7.07. The number of ether oxygens (including phenoxy) is 1. The molecule has 0 spiro atoms. The van der Waals surface area contributed by atoms with E-state index in [9.17, 15) is 10.1 Å². The van der Waals surface area contributed by atoms with Gasteiger partial charge in [-0.05, 0) is 31.5 Å². The van der Waals surface area contributed by atoms with Crippen molar-refractivity contribution < 1.29 is 14.1 Å². The third kappa shape index (κ3) is 2.91. The lowest BCUT2D eigenvalue weighted by Gasteiger charge is -2.22. The highest BCUT2D eigenvalue weighted by molar-refractivity contribution is 5.80. The molecule has 0 unspecified atom stereocenters. The highest BCUT2D eigenvalue weighted by Crippen LogP contribution is 2.27. The predicted molar refractivity (Wildman–Crippen MR) is 78.2 cm³/mol. The summed E-state index contributed by atoms with van der Waals surface area (Å²) < 4.78 is 11.0. The maximum absolute atomic E-state index is 10.8. The van der Waals surface area contributed by atoms with Crippen molar-refractivity contribution in [1.29, 1.82) is 0 Å². The molecule has 3 rings (SSSR count). The number of likely N-dealkylation sites (tertiary alicyclic amines) is 1. The molecular weight excluding hydrogens is 272 g/mol. The first-order valence-corrected chi connectivity index (χ1v) is 7.07. The van der Waals surface area contributed by atoms with Crippen LogP contribution in [0.5, 0.6) is 0 Å². The van der Waals surface area contributed by atoms with Crippen LogP contribution >= 0.6 is 0 Å². The van der Waals surface area contributed by atoms with Gasteiger partial charge >= 0.3 is 0 Å². The molecule has 0 amide bonds. The van der Waals surface area contributed by atoms with Crippen molar-refractivity contribution in [1.82, 2.24) is 4.90 Å². The molecule has 21 heavy (non-hydrogen) atoms. The maximum atomic E-state index is 10.8. The van der Waals surface area contributed by atoms with E-state index in [-0.39, 0.29) is 10.6 Å². The van der Waals surface area contributed by atoms with Gasteiger partial charge in [-0.1, -0.05) is 0 Å². The second kappa shape index (κ2) is 5.83. The third-order valence-electron chi connectivity index (χ3n) is 3.98. The minimum Gasteiger partial charge on any atom is -0.460 e. The molecule has 1 fully saturated rings. The zero-order valence-electron chi connectivity index (χ0n) is 11.9. The summed E-state index contributed by atoms with van der Waals surface area (Å²) in [5.74, 6) is 0.841. The van der Waals surface area contributed by atoms with Crippen LogP contribution in [-0.2, 0) is 11.3 Å². The van der Waals surface area contributed by atoms with Crippen LogP contribution in [0.15, 0.2) is 28.7 Å². The molecule has 1 aromatic heterocycles. The summed E-state index contributed by atoms with van der Waals surface area (Å²) in [6, 6.07) is 7.01. The molecule has 2 heterocycles. The summed E-state index contributed by atoms with van der Waals surface area (Å²) in [5, 5.41) is 11.6. The number of benzene rings is 1. The van der Waals surface area contributed by atoms with Gasteiger partial charge in [-0.25, -0.2) is 0 Å². The number of hydrogen-bond acceptors (Lipinski definition) is 5. The molecule has 0 aliphatic carbocycles. The maximum Gasteiger partial charge on any atom is 0.270 e. The molecule has 0 saturated carbocycles. The quantitative estimate of drug-likeness (QED) is 0.625. The van der Waals surface area contributed by atoms with E-state index in [1.54, 1.807) is 19.2 Å². The normalized spacial score (nSPS) is 19.4. The van der Waals surface area contributed by atoms with E-state index in [2.05, 4.69) is 4.90 Å². The molecule has 6 nitrogen and oxygen atoms in total. The summed E-state index contributed by atoms with van der Waals surface area (Å²) in [4.78, 5) is 12.8. The number of furan rings is 1. The fourth-order valence-corrected chi connectivity index (χ4v) is 2.96. The Bertz CT molecular complexity index is 652. The largest absolute Gasteiger partial charge is 0.460 e. The highest BCUT2D eigenvalue weighted by atomic mass is 16.6. The zero-order chi connectivity index (χ0) is 14.8. The van der Waals surface area contributed by atoms with Gasteiger partial charge in [0.2, 0.25) is 0 Å². The van der Waals surface area contributed by atoms with E-state index in [0.29, 0.717) is 11.6 Å². The second-order valence-electron chi connectivity index (χ2n) is 5.41. The second-order valence-corrected chi connectivity index (χ2v) is 5.41. The van der Waals surface area contributed by atoms with Gasteiger partial charge in [0.25, 0.3) is 5.69 Å². The zero-order valence-corrected chi connectivity index (χ0v) is 11.9. The van der Waals surface area contributed by atoms with E-state index in [1.165, 1.54) is 12.5 Å². The monoisotopic (exact) mass is 290 g/mol. The Morgan fingerprint density at radius 1 is 1.48 bits per heavy atom. The van der Waals surface area contributed by atoms with E-state index in [1.807, 2.05) is 6.07 Å². The number of fused-ring (bicyclic) bond motifs is 1. The lowest BCUT2D eigenvalue weighted by atomic mass is 10.2. The first-order chi connectivity index (χ1) is 10.2. The average molecular weight is 290 g/mol. The number of rotatable bonds is 5. The summed E-state index contributed by atoms with van der Waals surface area (Å²) in [5.41, 5.74) is 0.784. The van der Waals surface area contributed by atoms with Crippen LogP contribution in [0.2, 0.25) is 0 Å². The minimum absolute atomic E-state index is 0.0910. The molecule has 1 saturated heterocycles. The molecule has 1 aliphatic heterocycles. The Hall–Kier alpha value is -1.92. The van der Waals surface area contributed by atoms with Crippen molar-refractivity contribution in [3.63, 3.8) is 0 Å². The summed E-state index contributed by atoms with van der Waals surface area (Å²) in [7, 11) is 1.72. The van der Waals surface area contributed by atoms with Crippen molar-refractivity contribution >= 4 is 16.7 Å². The molecule has 6 heteroatoms. The van der Waals surface area contributed by atoms with Crippen LogP contribution in [0.4, 0.5) is 5.69 Å². The molecule has 2 aromatic rings. The Morgan fingerprint density at radius 3 is 3.10 bits per heavy atom. The summed E-state index contributed by atoms with van der Waals surface area (Å²) >= 11 is 0. The molecule has 1 atom stereocenters. The fraction of sp³-hybridized carbons (Fsp3) is 0.467. The van der Waals surface area contributed by atoms with Gasteiger partial charge in [0.15, 0.2) is 0 Å².